The molecule has 29 heavy (non-hydrogen) atoms. The molecule has 0 bridgehead atoms. The molecule has 0 aromatic heterocycles. The molecule has 0 saturated heterocycles. The summed E-state index contributed by atoms with van der Waals surface area (Å²) in [6.07, 6.45) is 0.300. The van der Waals surface area contributed by atoms with Gasteiger partial charge in [0.2, 0.25) is 5.91 Å². The summed E-state index contributed by atoms with van der Waals surface area (Å²) in [7, 11) is 0. The average Bonchev–Trinajstić information content (AvgIpc) is 2.70. The van der Waals surface area contributed by atoms with Crippen molar-refractivity contribution < 1.29 is 13.6 Å². The fraction of sp³-hybridized carbons (Fsp3) is 0.208. The number of rotatable bonds is 6. The second-order valence-corrected chi connectivity index (χ2v) is 7.17. The maximum atomic E-state index is 13.5. The third-order valence-electron chi connectivity index (χ3n) is 5.04. The first-order valence-corrected chi connectivity index (χ1v) is 9.49. The number of carbonyl (C=O) groups excluding carboxylic acids is 1. The zero-order valence-corrected chi connectivity index (χ0v) is 16.5. The molecule has 0 spiro atoms. The zero-order chi connectivity index (χ0) is 21.0. The van der Waals surface area contributed by atoms with Gasteiger partial charge < -0.3 is 10.6 Å². The summed E-state index contributed by atoms with van der Waals surface area (Å²) in [5.74, 6) is -1.54. The fourth-order valence-electron chi connectivity index (χ4n) is 3.23. The molecule has 0 aliphatic carbocycles. The normalized spacial score (nSPS) is 11.9. The van der Waals surface area contributed by atoms with Gasteiger partial charge in [-0.25, -0.2) is 8.78 Å². The molecule has 1 unspecified atom stereocenters. The van der Waals surface area contributed by atoms with Crippen molar-refractivity contribution in [1.29, 1.82) is 0 Å². The number of nitrogens with zero attached hydrogens (tertiary/aromatic N) is 1. The van der Waals surface area contributed by atoms with E-state index in [0.717, 1.165) is 17.2 Å². The molecule has 3 rings (SSSR count). The highest BCUT2D eigenvalue weighted by atomic mass is 19.1. The highest BCUT2D eigenvalue weighted by molar-refractivity contribution is 5.97. The van der Waals surface area contributed by atoms with Crippen molar-refractivity contribution in [2.45, 2.75) is 26.3 Å². The number of aryl methyl sites for hydroxylation is 2. The molecule has 150 valence electrons. The van der Waals surface area contributed by atoms with Crippen LogP contribution < -0.4 is 10.6 Å². The molecule has 0 heterocycles. The summed E-state index contributed by atoms with van der Waals surface area (Å²) in [5, 5.41) is 0. The number of carbonyl (C=O) groups is 1. The van der Waals surface area contributed by atoms with Gasteiger partial charge in [0.1, 0.15) is 17.7 Å². The van der Waals surface area contributed by atoms with Gasteiger partial charge in [-0.3, -0.25) is 4.79 Å². The lowest BCUT2D eigenvalue weighted by Crippen LogP contribution is -2.40. The van der Waals surface area contributed by atoms with Crippen LogP contribution in [-0.4, -0.2) is 12.5 Å². The van der Waals surface area contributed by atoms with E-state index in [0.29, 0.717) is 23.2 Å². The number of benzene rings is 3. The SMILES string of the molecule is Cc1ccc(N(CCc2cc(F)cc(F)c2)C(=O)C(N)c2ccccc2)cc1C. The summed E-state index contributed by atoms with van der Waals surface area (Å²) in [6, 6.07) is 17.4. The third kappa shape index (κ3) is 5.06. The number of hydrogen-bond acceptors (Lipinski definition) is 2. The maximum Gasteiger partial charge on any atom is 0.248 e. The summed E-state index contributed by atoms with van der Waals surface area (Å²) in [5.41, 5.74) is 10.3. The summed E-state index contributed by atoms with van der Waals surface area (Å²) >= 11 is 0. The predicted octanol–water partition coefficient (Wildman–Crippen LogP) is 4.86. The standard InChI is InChI=1S/C24H24F2N2O/c1-16-8-9-22(12-17(16)2)28(11-10-18-13-20(25)15-21(26)14-18)24(29)23(27)19-6-4-3-5-7-19/h3-9,12-15,23H,10-11,27H2,1-2H3. The lowest BCUT2D eigenvalue weighted by atomic mass is 10.0. The molecule has 0 radical (unpaired) electrons. The van der Waals surface area contributed by atoms with Gasteiger partial charge in [0, 0.05) is 18.3 Å². The Morgan fingerprint density at radius 1 is 0.931 bits per heavy atom. The Labute approximate surface area is 169 Å². The number of halogens is 2. The van der Waals surface area contributed by atoms with Crippen molar-refractivity contribution in [3.8, 4) is 0 Å². The molecule has 2 N–H and O–H groups in total. The predicted molar refractivity (Wildman–Crippen MR) is 112 cm³/mol. The van der Waals surface area contributed by atoms with E-state index >= 15 is 0 Å². The van der Waals surface area contributed by atoms with Crippen LogP contribution in [-0.2, 0) is 11.2 Å². The van der Waals surface area contributed by atoms with E-state index in [2.05, 4.69) is 0 Å². The Kier molecular flexibility index (Phi) is 6.39. The van der Waals surface area contributed by atoms with Crippen LogP contribution >= 0.6 is 0 Å². The summed E-state index contributed by atoms with van der Waals surface area (Å²) in [4.78, 5) is 14.8. The van der Waals surface area contributed by atoms with E-state index in [9.17, 15) is 13.6 Å². The highest BCUT2D eigenvalue weighted by Crippen LogP contribution is 2.23. The van der Waals surface area contributed by atoms with Gasteiger partial charge in [-0.15, -0.1) is 0 Å². The van der Waals surface area contributed by atoms with Gasteiger partial charge >= 0.3 is 0 Å². The topological polar surface area (TPSA) is 46.3 Å². The minimum Gasteiger partial charge on any atom is -0.316 e. The van der Waals surface area contributed by atoms with E-state index < -0.39 is 17.7 Å². The van der Waals surface area contributed by atoms with Crippen LogP contribution in [0.5, 0.6) is 0 Å². The van der Waals surface area contributed by atoms with Crippen molar-refractivity contribution in [3.05, 3.63) is 101 Å². The van der Waals surface area contributed by atoms with Crippen LogP contribution in [0.25, 0.3) is 0 Å². The minimum absolute atomic E-state index is 0.255. The van der Waals surface area contributed by atoms with Gasteiger partial charge in [0.05, 0.1) is 0 Å². The smallest absolute Gasteiger partial charge is 0.248 e. The molecule has 3 aromatic carbocycles. The summed E-state index contributed by atoms with van der Waals surface area (Å²) < 4.78 is 27.1. The van der Waals surface area contributed by atoms with Crippen LogP contribution in [0.15, 0.2) is 66.7 Å². The highest BCUT2D eigenvalue weighted by Gasteiger charge is 2.24. The number of hydrogen-bond donors (Lipinski definition) is 1. The molecule has 1 atom stereocenters. The number of amides is 1. The average molecular weight is 394 g/mol. The quantitative estimate of drug-likeness (QED) is 0.649. The van der Waals surface area contributed by atoms with E-state index in [1.54, 1.807) is 4.90 Å². The van der Waals surface area contributed by atoms with Crippen LogP contribution in [0.1, 0.15) is 28.3 Å². The van der Waals surface area contributed by atoms with E-state index in [4.69, 9.17) is 5.73 Å². The lowest BCUT2D eigenvalue weighted by Gasteiger charge is -2.27. The second-order valence-electron chi connectivity index (χ2n) is 7.17. The number of nitrogens with two attached hydrogens (primary N) is 1. The van der Waals surface area contributed by atoms with Crippen molar-refractivity contribution in [2.75, 3.05) is 11.4 Å². The van der Waals surface area contributed by atoms with Gasteiger partial charge in [0.15, 0.2) is 0 Å². The van der Waals surface area contributed by atoms with E-state index in [1.807, 2.05) is 62.4 Å². The number of anilines is 1. The fourth-order valence-corrected chi connectivity index (χ4v) is 3.23. The first-order valence-electron chi connectivity index (χ1n) is 9.49. The minimum atomic E-state index is -0.831. The summed E-state index contributed by atoms with van der Waals surface area (Å²) in [6.45, 7) is 4.22. The van der Waals surface area contributed by atoms with Crippen molar-refractivity contribution >= 4 is 11.6 Å². The third-order valence-corrected chi connectivity index (χ3v) is 5.04. The Bertz CT molecular complexity index is 985. The monoisotopic (exact) mass is 394 g/mol. The van der Waals surface area contributed by atoms with Crippen molar-refractivity contribution in [3.63, 3.8) is 0 Å². The van der Waals surface area contributed by atoms with Gasteiger partial charge in [-0.05, 0) is 66.8 Å². The van der Waals surface area contributed by atoms with E-state index in [1.165, 1.54) is 12.1 Å². The Morgan fingerprint density at radius 3 is 2.21 bits per heavy atom. The molecule has 0 saturated carbocycles. The van der Waals surface area contributed by atoms with Crippen LogP contribution in [0.2, 0.25) is 0 Å². The van der Waals surface area contributed by atoms with Gasteiger partial charge in [-0.2, -0.15) is 0 Å². The van der Waals surface area contributed by atoms with Crippen LogP contribution in [0, 0.1) is 25.5 Å². The Hall–Kier alpha value is -3.05. The van der Waals surface area contributed by atoms with Crippen LogP contribution in [0.3, 0.4) is 0 Å². The molecular formula is C24H24F2N2O. The molecular weight excluding hydrogens is 370 g/mol. The largest absolute Gasteiger partial charge is 0.316 e. The molecule has 0 aliphatic heterocycles. The Morgan fingerprint density at radius 2 is 1.59 bits per heavy atom. The zero-order valence-electron chi connectivity index (χ0n) is 16.5. The van der Waals surface area contributed by atoms with Gasteiger partial charge in [0.25, 0.3) is 0 Å². The maximum absolute atomic E-state index is 13.5. The second kappa shape index (κ2) is 8.97. The first kappa shape index (κ1) is 20.7. The van der Waals surface area contributed by atoms with Crippen LogP contribution in [0.4, 0.5) is 14.5 Å². The van der Waals surface area contributed by atoms with Crippen molar-refractivity contribution in [2.24, 2.45) is 5.73 Å². The molecule has 0 aliphatic rings. The molecule has 5 heteroatoms. The molecule has 0 fully saturated rings. The first-order chi connectivity index (χ1) is 13.8. The van der Waals surface area contributed by atoms with E-state index in [-0.39, 0.29) is 12.5 Å². The Balaban J connectivity index is 1.90. The lowest BCUT2D eigenvalue weighted by molar-refractivity contribution is -0.120. The molecule has 3 nitrogen and oxygen atoms in total. The van der Waals surface area contributed by atoms with Crippen molar-refractivity contribution in [1.82, 2.24) is 0 Å². The molecule has 1 amide bonds. The van der Waals surface area contributed by atoms with Gasteiger partial charge in [-0.1, -0.05) is 36.4 Å². The molecule has 3 aromatic rings.